The summed E-state index contributed by atoms with van der Waals surface area (Å²) in [6, 6.07) is 4.65. The zero-order chi connectivity index (χ0) is 16.2. The Hall–Kier alpha value is -2.60. The first kappa shape index (κ1) is 14.3. The van der Waals surface area contributed by atoms with Crippen LogP contribution in [0.2, 0.25) is 5.02 Å². The summed E-state index contributed by atoms with van der Waals surface area (Å²) in [7, 11) is 0. The first-order valence-corrected chi connectivity index (χ1v) is 6.87. The van der Waals surface area contributed by atoms with E-state index in [-0.39, 0.29) is 16.9 Å². The van der Waals surface area contributed by atoms with E-state index in [2.05, 4.69) is 5.32 Å². The molecule has 0 radical (unpaired) electrons. The van der Waals surface area contributed by atoms with Gasteiger partial charge in [0.2, 0.25) is 0 Å². The van der Waals surface area contributed by atoms with E-state index in [1.165, 1.54) is 0 Å². The molecule has 7 heteroatoms. The van der Waals surface area contributed by atoms with E-state index < -0.39 is 17.4 Å². The predicted molar refractivity (Wildman–Crippen MR) is 82.7 cm³/mol. The molecule has 3 rings (SSSR count). The molecule has 1 aliphatic heterocycles. The molecule has 2 aromatic rings. The van der Waals surface area contributed by atoms with E-state index >= 15 is 0 Å². The Morgan fingerprint density at radius 2 is 1.77 bits per heavy atom. The average molecular weight is 318 g/mol. The number of carbonyl (C=O) groups excluding carboxylic acids is 2. The Morgan fingerprint density at radius 3 is 2.41 bits per heavy atom. The molecular weight excluding hydrogens is 306 g/mol. The van der Waals surface area contributed by atoms with Crippen molar-refractivity contribution >= 4 is 29.2 Å². The van der Waals surface area contributed by atoms with Crippen LogP contribution in [-0.4, -0.2) is 16.4 Å². The lowest BCUT2D eigenvalue weighted by molar-refractivity contribution is 0.0880. The zero-order valence-corrected chi connectivity index (χ0v) is 12.6. The molecule has 0 saturated carbocycles. The van der Waals surface area contributed by atoms with Crippen LogP contribution in [0.25, 0.3) is 5.69 Å². The summed E-state index contributed by atoms with van der Waals surface area (Å²) >= 11 is 6.25. The number of nitrogen functional groups attached to an aromatic ring is 1. The van der Waals surface area contributed by atoms with Crippen LogP contribution in [0, 0.1) is 13.8 Å². The number of rotatable bonds is 1. The molecule has 22 heavy (non-hydrogen) atoms. The van der Waals surface area contributed by atoms with Crippen LogP contribution in [0.3, 0.4) is 0 Å². The van der Waals surface area contributed by atoms with Crippen molar-refractivity contribution in [3.63, 3.8) is 0 Å². The fourth-order valence-electron chi connectivity index (χ4n) is 2.70. The Balaban J connectivity index is 2.40. The maximum atomic E-state index is 12.4. The number of fused-ring (bicyclic) bond motifs is 1. The van der Waals surface area contributed by atoms with Crippen LogP contribution in [0.15, 0.2) is 23.0 Å². The summed E-state index contributed by atoms with van der Waals surface area (Å²) in [5, 5.41) is 2.47. The first-order chi connectivity index (χ1) is 10.3. The number of halogens is 1. The van der Waals surface area contributed by atoms with Crippen LogP contribution < -0.4 is 16.6 Å². The number of benzene rings is 1. The topological polar surface area (TPSA) is 94.2 Å². The number of anilines is 1. The van der Waals surface area contributed by atoms with Crippen molar-refractivity contribution in [1.82, 2.24) is 9.88 Å². The van der Waals surface area contributed by atoms with Crippen LogP contribution in [0.5, 0.6) is 0 Å². The third kappa shape index (κ3) is 1.92. The van der Waals surface area contributed by atoms with Gasteiger partial charge in [0.05, 0.1) is 21.8 Å². The van der Waals surface area contributed by atoms with Crippen LogP contribution >= 0.6 is 11.6 Å². The molecule has 2 amide bonds. The SMILES string of the molecule is Cc1cc(C)c(-n2c(N)c3c(cc2=O)C(=O)NC3=O)c(Cl)c1. The summed E-state index contributed by atoms with van der Waals surface area (Å²) in [5.74, 6) is -1.34. The third-order valence-corrected chi connectivity index (χ3v) is 3.86. The minimum absolute atomic E-state index is 0.000594. The zero-order valence-electron chi connectivity index (χ0n) is 11.9. The van der Waals surface area contributed by atoms with Gasteiger partial charge in [-0.25, -0.2) is 0 Å². The summed E-state index contributed by atoms with van der Waals surface area (Å²) in [6.07, 6.45) is 0. The van der Waals surface area contributed by atoms with Gasteiger partial charge in [-0.2, -0.15) is 0 Å². The fraction of sp³-hybridized carbons (Fsp3) is 0.133. The van der Waals surface area contributed by atoms with Crippen LogP contribution in [0.4, 0.5) is 5.82 Å². The van der Waals surface area contributed by atoms with E-state index in [9.17, 15) is 14.4 Å². The highest BCUT2D eigenvalue weighted by Crippen LogP contribution is 2.29. The molecule has 0 spiro atoms. The molecule has 0 atom stereocenters. The fourth-order valence-corrected chi connectivity index (χ4v) is 3.11. The molecule has 6 nitrogen and oxygen atoms in total. The molecule has 0 unspecified atom stereocenters. The van der Waals surface area contributed by atoms with Gasteiger partial charge in [0, 0.05) is 6.07 Å². The summed E-state index contributed by atoms with van der Waals surface area (Å²) in [5.41, 5.74) is 7.54. The largest absolute Gasteiger partial charge is 0.384 e. The molecule has 1 aliphatic rings. The number of nitrogens with one attached hydrogen (secondary N) is 1. The molecular formula is C15H12ClN3O3. The quantitative estimate of drug-likeness (QED) is 0.781. The van der Waals surface area contributed by atoms with Gasteiger partial charge in [-0.1, -0.05) is 17.7 Å². The molecule has 1 aromatic carbocycles. The normalized spacial score (nSPS) is 13.2. The molecule has 0 aliphatic carbocycles. The summed E-state index contributed by atoms with van der Waals surface area (Å²) in [6.45, 7) is 3.67. The van der Waals surface area contributed by atoms with Gasteiger partial charge in [-0.3, -0.25) is 24.3 Å². The highest BCUT2D eigenvalue weighted by Gasteiger charge is 2.32. The van der Waals surface area contributed by atoms with E-state index in [1.807, 2.05) is 13.0 Å². The number of aromatic nitrogens is 1. The third-order valence-electron chi connectivity index (χ3n) is 3.58. The molecule has 0 bridgehead atoms. The Kier molecular flexibility index (Phi) is 3.07. The second-order valence-electron chi connectivity index (χ2n) is 5.19. The molecule has 112 valence electrons. The van der Waals surface area contributed by atoms with Gasteiger partial charge in [-0.05, 0) is 31.0 Å². The molecule has 0 saturated heterocycles. The van der Waals surface area contributed by atoms with Gasteiger partial charge in [0.25, 0.3) is 17.4 Å². The molecule has 2 heterocycles. The highest BCUT2D eigenvalue weighted by atomic mass is 35.5. The lowest BCUT2D eigenvalue weighted by Crippen LogP contribution is -2.25. The van der Waals surface area contributed by atoms with E-state index in [0.717, 1.165) is 21.8 Å². The van der Waals surface area contributed by atoms with Gasteiger partial charge in [-0.15, -0.1) is 0 Å². The Bertz CT molecular complexity index is 892. The van der Waals surface area contributed by atoms with Crippen molar-refractivity contribution in [3.05, 3.63) is 55.8 Å². The number of amides is 2. The van der Waals surface area contributed by atoms with Crippen molar-refractivity contribution in [3.8, 4) is 5.69 Å². The standard InChI is InChI=1S/C15H12ClN3O3/c1-6-3-7(2)12(9(16)4-6)19-10(20)5-8-11(13(19)17)15(22)18-14(8)21/h3-5H,17H2,1-2H3,(H,18,21,22). The Labute approximate surface area is 130 Å². The van der Waals surface area contributed by atoms with Crippen molar-refractivity contribution in [2.75, 3.05) is 5.73 Å². The van der Waals surface area contributed by atoms with Gasteiger partial charge >= 0.3 is 0 Å². The molecule has 3 N–H and O–H groups in total. The maximum absolute atomic E-state index is 12.4. The number of hydrogen-bond acceptors (Lipinski definition) is 4. The van der Waals surface area contributed by atoms with Crippen LogP contribution in [-0.2, 0) is 0 Å². The molecule has 0 fully saturated rings. The van der Waals surface area contributed by atoms with Gasteiger partial charge < -0.3 is 5.73 Å². The lowest BCUT2D eigenvalue weighted by atomic mass is 10.1. The van der Waals surface area contributed by atoms with Gasteiger partial charge in [0.15, 0.2) is 0 Å². The van der Waals surface area contributed by atoms with Crippen molar-refractivity contribution in [1.29, 1.82) is 0 Å². The molecule has 1 aromatic heterocycles. The van der Waals surface area contributed by atoms with Gasteiger partial charge in [0.1, 0.15) is 5.82 Å². The maximum Gasteiger partial charge on any atom is 0.262 e. The second kappa shape index (κ2) is 4.71. The number of imide groups is 1. The monoisotopic (exact) mass is 317 g/mol. The van der Waals surface area contributed by atoms with Crippen molar-refractivity contribution in [2.45, 2.75) is 13.8 Å². The number of nitrogens with zero attached hydrogens (tertiary/aromatic N) is 1. The highest BCUT2D eigenvalue weighted by molar-refractivity contribution is 6.32. The minimum Gasteiger partial charge on any atom is -0.384 e. The minimum atomic E-state index is -0.623. The predicted octanol–water partition coefficient (Wildman–Crippen LogP) is 1.57. The number of aryl methyl sites for hydroxylation is 2. The Morgan fingerprint density at radius 1 is 1.09 bits per heavy atom. The lowest BCUT2D eigenvalue weighted by Gasteiger charge is -2.16. The smallest absolute Gasteiger partial charge is 0.262 e. The van der Waals surface area contributed by atoms with E-state index in [1.54, 1.807) is 13.0 Å². The second-order valence-corrected chi connectivity index (χ2v) is 5.59. The first-order valence-electron chi connectivity index (χ1n) is 6.49. The summed E-state index contributed by atoms with van der Waals surface area (Å²) in [4.78, 5) is 35.9. The van der Waals surface area contributed by atoms with E-state index in [0.29, 0.717) is 10.7 Å². The van der Waals surface area contributed by atoms with E-state index in [4.69, 9.17) is 17.3 Å². The number of nitrogens with two attached hydrogens (primary N) is 1. The number of pyridine rings is 1. The number of carbonyl (C=O) groups is 2. The number of hydrogen-bond donors (Lipinski definition) is 2. The van der Waals surface area contributed by atoms with Crippen molar-refractivity contribution in [2.24, 2.45) is 0 Å². The summed E-state index contributed by atoms with van der Waals surface area (Å²) < 4.78 is 1.16. The van der Waals surface area contributed by atoms with Crippen LogP contribution in [0.1, 0.15) is 31.8 Å². The van der Waals surface area contributed by atoms with Crippen molar-refractivity contribution < 1.29 is 9.59 Å². The average Bonchev–Trinajstić information content (AvgIpc) is 2.67.